The zero-order valence-corrected chi connectivity index (χ0v) is 14.1. The van der Waals surface area contributed by atoms with Crippen molar-refractivity contribution in [3.8, 4) is 11.5 Å². The Hall–Kier alpha value is -3.88. The normalized spacial score (nSPS) is 11.6. The lowest BCUT2D eigenvalue weighted by Crippen LogP contribution is -2.47. The van der Waals surface area contributed by atoms with Gasteiger partial charge in [0, 0.05) is 24.9 Å². The molecule has 1 atom stereocenters. The van der Waals surface area contributed by atoms with Crippen LogP contribution in [0.25, 0.3) is 11.5 Å². The van der Waals surface area contributed by atoms with E-state index < -0.39 is 23.6 Å². The van der Waals surface area contributed by atoms with Crippen molar-refractivity contribution in [1.29, 1.82) is 0 Å². The first-order chi connectivity index (χ1) is 13.0. The topological polar surface area (TPSA) is 144 Å². The van der Waals surface area contributed by atoms with Gasteiger partial charge >= 0.3 is 0 Å². The Balaban J connectivity index is 1.77. The molecule has 2 amide bonds. The van der Waals surface area contributed by atoms with Gasteiger partial charge in [-0.1, -0.05) is 30.3 Å². The third-order valence-corrected chi connectivity index (χ3v) is 3.76. The third kappa shape index (κ3) is 4.40. The molecule has 9 heteroatoms. The molecule has 4 N–H and O–H groups in total. The van der Waals surface area contributed by atoms with Crippen LogP contribution >= 0.6 is 0 Å². The molecule has 1 aromatic carbocycles. The minimum atomic E-state index is -1.11. The zero-order chi connectivity index (χ0) is 19.2. The Labute approximate surface area is 154 Å². The Kier molecular flexibility index (Phi) is 5.31. The number of ketones is 1. The summed E-state index contributed by atoms with van der Waals surface area (Å²) in [4.78, 5) is 44.0. The van der Waals surface area contributed by atoms with Crippen LogP contribution in [-0.2, 0) is 16.0 Å². The lowest BCUT2D eigenvalue weighted by atomic mass is 10.0. The number of nitrogens with two attached hydrogens (primary N) is 1. The number of primary amides is 1. The Morgan fingerprint density at radius 2 is 1.78 bits per heavy atom. The van der Waals surface area contributed by atoms with Crippen molar-refractivity contribution in [2.75, 3.05) is 0 Å². The highest BCUT2D eigenvalue weighted by molar-refractivity contribution is 6.38. The van der Waals surface area contributed by atoms with E-state index in [1.807, 2.05) is 6.07 Å². The summed E-state index contributed by atoms with van der Waals surface area (Å²) >= 11 is 0. The van der Waals surface area contributed by atoms with Gasteiger partial charge in [0.15, 0.2) is 5.82 Å². The maximum atomic E-state index is 12.5. The van der Waals surface area contributed by atoms with Crippen LogP contribution in [0.15, 0.2) is 54.9 Å². The average Bonchev–Trinajstić information content (AvgIpc) is 3.18. The molecule has 0 fully saturated rings. The van der Waals surface area contributed by atoms with Gasteiger partial charge in [-0.25, -0.2) is 9.97 Å². The Morgan fingerprint density at radius 3 is 2.44 bits per heavy atom. The maximum absolute atomic E-state index is 12.5. The molecule has 0 aliphatic rings. The number of amides is 2. The summed E-state index contributed by atoms with van der Waals surface area (Å²) in [5, 5.41) is 9.09. The summed E-state index contributed by atoms with van der Waals surface area (Å²) in [7, 11) is 0. The summed E-state index contributed by atoms with van der Waals surface area (Å²) in [6.07, 6.45) is 3.24. The Morgan fingerprint density at radius 1 is 1.07 bits per heavy atom. The standard InChI is InChI=1S/C18H16N6O3/c19-16(26)15(25)12(9-11-5-2-1-3-6-11)22-18(27)14-10-13(23-24-14)17-20-7-4-8-21-17/h1-8,10,12H,9H2,(H2,19,26)(H,22,27)(H,23,24). The van der Waals surface area contributed by atoms with E-state index in [4.69, 9.17) is 5.73 Å². The number of aromatic amines is 1. The van der Waals surface area contributed by atoms with Gasteiger partial charge in [0.05, 0.1) is 0 Å². The number of Topliss-reactive ketones (excluding diaryl/α,β-unsaturated/α-hetero) is 1. The molecule has 136 valence electrons. The zero-order valence-electron chi connectivity index (χ0n) is 14.1. The van der Waals surface area contributed by atoms with Crippen molar-refractivity contribution in [3.05, 3.63) is 66.1 Å². The van der Waals surface area contributed by atoms with E-state index in [1.165, 1.54) is 6.07 Å². The van der Waals surface area contributed by atoms with Crippen LogP contribution < -0.4 is 11.1 Å². The Bertz CT molecular complexity index is 955. The number of hydrogen-bond acceptors (Lipinski definition) is 6. The molecule has 1 unspecified atom stereocenters. The van der Waals surface area contributed by atoms with Crippen molar-refractivity contribution in [2.45, 2.75) is 12.5 Å². The molecule has 0 saturated carbocycles. The van der Waals surface area contributed by atoms with Crippen LogP contribution in [0, 0.1) is 0 Å². The molecule has 0 bridgehead atoms. The van der Waals surface area contributed by atoms with Crippen molar-refractivity contribution < 1.29 is 14.4 Å². The maximum Gasteiger partial charge on any atom is 0.287 e. The molecule has 3 aromatic rings. The van der Waals surface area contributed by atoms with Gasteiger partial charge in [-0.2, -0.15) is 5.10 Å². The number of nitrogens with one attached hydrogen (secondary N) is 2. The number of H-pyrrole nitrogens is 1. The van der Waals surface area contributed by atoms with Crippen LogP contribution in [0.3, 0.4) is 0 Å². The fourth-order valence-corrected chi connectivity index (χ4v) is 2.45. The highest BCUT2D eigenvalue weighted by Gasteiger charge is 2.26. The molecule has 27 heavy (non-hydrogen) atoms. The number of benzene rings is 1. The molecular formula is C18H16N6O3. The smallest absolute Gasteiger partial charge is 0.287 e. The summed E-state index contributed by atoms with van der Waals surface area (Å²) in [5.41, 5.74) is 6.37. The van der Waals surface area contributed by atoms with Crippen LogP contribution in [-0.4, -0.2) is 43.8 Å². The minimum absolute atomic E-state index is 0.104. The number of hydrogen-bond donors (Lipinski definition) is 3. The molecule has 0 radical (unpaired) electrons. The number of rotatable bonds is 7. The summed E-state index contributed by atoms with van der Waals surface area (Å²) in [5.74, 6) is -2.24. The lowest BCUT2D eigenvalue weighted by Gasteiger charge is -2.15. The quantitative estimate of drug-likeness (QED) is 0.513. The molecule has 2 heterocycles. The fraction of sp³-hybridized carbons (Fsp3) is 0.111. The average molecular weight is 364 g/mol. The molecule has 0 saturated heterocycles. The van der Waals surface area contributed by atoms with E-state index in [0.29, 0.717) is 11.5 Å². The van der Waals surface area contributed by atoms with Crippen LogP contribution in [0.1, 0.15) is 16.1 Å². The van der Waals surface area contributed by atoms with Gasteiger partial charge in [-0.3, -0.25) is 19.5 Å². The molecule has 0 aliphatic heterocycles. The number of nitrogens with zero attached hydrogens (tertiary/aromatic N) is 3. The first-order valence-corrected chi connectivity index (χ1v) is 8.06. The van der Waals surface area contributed by atoms with E-state index in [2.05, 4.69) is 25.5 Å². The molecule has 2 aromatic heterocycles. The molecule has 0 aliphatic carbocycles. The fourth-order valence-electron chi connectivity index (χ4n) is 2.45. The largest absolute Gasteiger partial charge is 0.363 e. The predicted octanol–water partition coefficient (Wildman–Crippen LogP) is 0.262. The highest BCUT2D eigenvalue weighted by atomic mass is 16.2. The van der Waals surface area contributed by atoms with Gasteiger partial charge in [-0.05, 0) is 11.6 Å². The second-order valence-corrected chi connectivity index (χ2v) is 5.68. The minimum Gasteiger partial charge on any atom is -0.363 e. The number of carbonyl (C=O) groups is 3. The number of carbonyl (C=O) groups excluding carboxylic acids is 3. The van der Waals surface area contributed by atoms with Gasteiger partial charge < -0.3 is 11.1 Å². The first-order valence-electron chi connectivity index (χ1n) is 8.06. The van der Waals surface area contributed by atoms with E-state index in [1.54, 1.807) is 42.7 Å². The van der Waals surface area contributed by atoms with Gasteiger partial charge in [-0.15, -0.1) is 0 Å². The molecular weight excluding hydrogens is 348 g/mol. The second-order valence-electron chi connectivity index (χ2n) is 5.68. The SMILES string of the molecule is NC(=O)C(=O)C(Cc1ccccc1)NC(=O)c1cc(-c2ncccn2)n[nH]1. The molecule has 9 nitrogen and oxygen atoms in total. The van der Waals surface area contributed by atoms with Crippen LogP contribution in [0.4, 0.5) is 0 Å². The predicted molar refractivity (Wildman–Crippen MR) is 95.2 cm³/mol. The highest BCUT2D eigenvalue weighted by Crippen LogP contribution is 2.12. The van der Waals surface area contributed by atoms with Gasteiger partial charge in [0.2, 0.25) is 5.78 Å². The van der Waals surface area contributed by atoms with Crippen molar-refractivity contribution in [3.63, 3.8) is 0 Å². The van der Waals surface area contributed by atoms with E-state index in [9.17, 15) is 14.4 Å². The van der Waals surface area contributed by atoms with Crippen molar-refractivity contribution >= 4 is 17.6 Å². The van der Waals surface area contributed by atoms with Crippen molar-refractivity contribution in [2.24, 2.45) is 5.73 Å². The van der Waals surface area contributed by atoms with Gasteiger partial charge in [0.25, 0.3) is 11.8 Å². The number of aromatic nitrogens is 4. The molecule has 0 spiro atoms. The first kappa shape index (κ1) is 17.9. The summed E-state index contributed by atoms with van der Waals surface area (Å²) in [6.45, 7) is 0. The van der Waals surface area contributed by atoms with E-state index in [0.717, 1.165) is 5.56 Å². The van der Waals surface area contributed by atoms with Crippen molar-refractivity contribution in [1.82, 2.24) is 25.5 Å². The monoisotopic (exact) mass is 364 g/mol. The van der Waals surface area contributed by atoms with Crippen LogP contribution in [0.2, 0.25) is 0 Å². The summed E-state index contributed by atoms with van der Waals surface area (Å²) in [6, 6.07) is 11.0. The lowest BCUT2D eigenvalue weighted by molar-refractivity contribution is -0.137. The van der Waals surface area contributed by atoms with E-state index >= 15 is 0 Å². The second kappa shape index (κ2) is 8.00. The van der Waals surface area contributed by atoms with E-state index in [-0.39, 0.29) is 12.1 Å². The van der Waals surface area contributed by atoms with Gasteiger partial charge in [0.1, 0.15) is 17.4 Å². The third-order valence-electron chi connectivity index (χ3n) is 3.76. The summed E-state index contributed by atoms with van der Waals surface area (Å²) < 4.78 is 0. The molecule has 3 rings (SSSR count). The van der Waals surface area contributed by atoms with Crippen LogP contribution in [0.5, 0.6) is 0 Å².